The highest BCUT2D eigenvalue weighted by Crippen LogP contribution is 2.39. The van der Waals surface area contributed by atoms with Gasteiger partial charge in [0.1, 0.15) is 5.65 Å². The average molecular weight is 400 g/mol. The molecule has 146 valence electrons. The van der Waals surface area contributed by atoms with Gasteiger partial charge in [0.15, 0.2) is 0 Å². The van der Waals surface area contributed by atoms with Crippen molar-refractivity contribution in [3.63, 3.8) is 0 Å². The van der Waals surface area contributed by atoms with E-state index in [1.165, 1.54) is 18.5 Å². The van der Waals surface area contributed by atoms with Crippen LogP contribution in [0, 0.1) is 0 Å². The Hall–Kier alpha value is -3.30. The van der Waals surface area contributed by atoms with E-state index in [0.29, 0.717) is 11.0 Å². The minimum atomic E-state index is -5.05. The van der Waals surface area contributed by atoms with E-state index < -0.39 is 40.6 Å². The number of aromatic nitrogens is 2. The van der Waals surface area contributed by atoms with Gasteiger partial charge in [0, 0.05) is 28.9 Å². The number of fused-ring (bicyclic) bond motifs is 1. The fourth-order valence-corrected chi connectivity index (χ4v) is 2.70. The molecule has 0 fully saturated rings. The number of carbonyl (C=O) groups is 1. The van der Waals surface area contributed by atoms with Gasteiger partial charge in [-0.3, -0.25) is 0 Å². The van der Waals surface area contributed by atoms with Gasteiger partial charge in [-0.25, -0.2) is 9.78 Å². The number of hydrogen-bond acceptors (Lipinski definition) is 2. The number of nitrogens with zero attached hydrogens (tertiary/aromatic N) is 1. The maximum Gasteiger partial charge on any atom is 0.417 e. The first-order valence-corrected chi connectivity index (χ1v) is 7.64. The Morgan fingerprint density at radius 1 is 1.07 bits per heavy atom. The zero-order chi connectivity index (χ0) is 20.7. The first-order valence-electron chi connectivity index (χ1n) is 7.64. The fourth-order valence-electron chi connectivity index (χ4n) is 2.70. The van der Waals surface area contributed by atoms with Crippen molar-refractivity contribution in [2.24, 2.45) is 0 Å². The summed E-state index contributed by atoms with van der Waals surface area (Å²) in [6, 6.07) is 3.75. The van der Waals surface area contributed by atoms with Crippen molar-refractivity contribution >= 4 is 28.7 Å². The summed E-state index contributed by atoms with van der Waals surface area (Å²) in [6.45, 7) is 0. The number of carboxylic acids is 1. The summed E-state index contributed by atoms with van der Waals surface area (Å²) in [5.74, 6) is -1.80. The van der Waals surface area contributed by atoms with Gasteiger partial charge >= 0.3 is 18.3 Å². The summed E-state index contributed by atoms with van der Waals surface area (Å²) in [4.78, 5) is 18.3. The van der Waals surface area contributed by atoms with Crippen LogP contribution in [0.3, 0.4) is 0 Å². The van der Waals surface area contributed by atoms with Gasteiger partial charge in [0.05, 0.1) is 16.7 Å². The molecule has 0 aliphatic heterocycles. The Labute approximate surface area is 153 Å². The summed E-state index contributed by atoms with van der Waals surface area (Å²) in [5, 5.41) is 9.84. The Morgan fingerprint density at radius 3 is 2.39 bits per heavy atom. The third-order valence-electron chi connectivity index (χ3n) is 3.96. The number of aliphatic carboxylic acids is 1. The van der Waals surface area contributed by atoms with E-state index in [1.807, 2.05) is 0 Å². The molecular weight excluding hydrogens is 390 g/mol. The summed E-state index contributed by atoms with van der Waals surface area (Å²) in [6.07, 6.45) is -6.35. The van der Waals surface area contributed by atoms with E-state index in [9.17, 15) is 36.2 Å². The van der Waals surface area contributed by atoms with Crippen LogP contribution < -0.4 is 0 Å². The van der Waals surface area contributed by atoms with Crippen LogP contribution in [0.25, 0.3) is 22.7 Å². The number of halogens is 6. The number of alkyl halides is 6. The van der Waals surface area contributed by atoms with Crippen molar-refractivity contribution in [1.29, 1.82) is 0 Å². The quantitative estimate of drug-likeness (QED) is 0.468. The molecular formula is C18H10F6N2O2. The Kier molecular flexibility index (Phi) is 4.66. The van der Waals surface area contributed by atoms with Gasteiger partial charge in [0.25, 0.3) is 0 Å². The van der Waals surface area contributed by atoms with E-state index in [-0.39, 0.29) is 23.8 Å². The Balaban J connectivity index is 2.28. The van der Waals surface area contributed by atoms with Crippen molar-refractivity contribution < 1.29 is 36.2 Å². The molecule has 1 aromatic carbocycles. The molecule has 2 N–H and O–H groups in total. The maximum atomic E-state index is 13.3. The molecule has 4 nitrogen and oxygen atoms in total. The van der Waals surface area contributed by atoms with Crippen molar-refractivity contribution in [2.75, 3.05) is 0 Å². The standard InChI is InChI=1S/C18H10F6N2O2/c19-17(20,21)10-3-4-14(18(22,23)24)12(7-10)13(16(27)28)6-9-8-26-15-11(9)2-1-5-25-15/h1-8H,(H,25,26)(H,27,28). The van der Waals surface area contributed by atoms with E-state index in [0.717, 1.165) is 6.08 Å². The monoisotopic (exact) mass is 400 g/mol. The zero-order valence-corrected chi connectivity index (χ0v) is 13.7. The second-order valence-corrected chi connectivity index (χ2v) is 5.76. The SMILES string of the molecule is O=C(O)C(=Cc1c[nH]c2ncccc12)c1cc(C(F)(F)F)ccc1C(F)(F)F. The van der Waals surface area contributed by atoms with Crippen molar-refractivity contribution in [1.82, 2.24) is 9.97 Å². The van der Waals surface area contributed by atoms with Gasteiger partial charge < -0.3 is 10.1 Å². The second kappa shape index (κ2) is 6.70. The van der Waals surface area contributed by atoms with Crippen LogP contribution in [-0.4, -0.2) is 21.0 Å². The maximum absolute atomic E-state index is 13.3. The highest BCUT2D eigenvalue weighted by atomic mass is 19.4. The van der Waals surface area contributed by atoms with E-state index in [2.05, 4.69) is 9.97 Å². The van der Waals surface area contributed by atoms with Crippen LogP contribution in [0.4, 0.5) is 26.3 Å². The third-order valence-corrected chi connectivity index (χ3v) is 3.96. The molecule has 0 aliphatic carbocycles. The van der Waals surface area contributed by atoms with E-state index in [4.69, 9.17) is 0 Å². The lowest BCUT2D eigenvalue weighted by Crippen LogP contribution is -2.14. The number of hydrogen-bond donors (Lipinski definition) is 2. The number of nitrogens with one attached hydrogen (secondary N) is 1. The lowest BCUT2D eigenvalue weighted by Gasteiger charge is -2.16. The second-order valence-electron chi connectivity index (χ2n) is 5.76. The summed E-state index contributed by atoms with van der Waals surface area (Å²) >= 11 is 0. The molecule has 0 saturated heterocycles. The summed E-state index contributed by atoms with van der Waals surface area (Å²) < 4.78 is 78.9. The van der Waals surface area contributed by atoms with Crippen LogP contribution in [0.2, 0.25) is 0 Å². The summed E-state index contributed by atoms with van der Waals surface area (Å²) in [5.41, 5.74) is -4.35. The van der Waals surface area contributed by atoms with Gasteiger partial charge in [-0.1, -0.05) is 0 Å². The zero-order valence-electron chi connectivity index (χ0n) is 13.7. The highest BCUT2D eigenvalue weighted by Gasteiger charge is 2.38. The minimum absolute atomic E-state index is 0.172. The number of benzene rings is 1. The van der Waals surface area contributed by atoms with E-state index >= 15 is 0 Å². The molecule has 0 atom stereocenters. The van der Waals surface area contributed by atoms with Crippen molar-refractivity contribution in [3.05, 3.63) is 65.0 Å². The largest absolute Gasteiger partial charge is 0.478 e. The molecule has 3 aromatic rings. The van der Waals surface area contributed by atoms with Gasteiger partial charge in [-0.05, 0) is 36.4 Å². The number of rotatable bonds is 3. The molecule has 0 unspecified atom stereocenters. The van der Waals surface area contributed by atoms with Gasteiger partial charge in [0.2, 0.25) is 0 Å². The molecule has 0 amide bonds. The molecule has 0 aliphatic rings. The topological polar surface area (TPSA) is 66.0 Å². The fraction of sp³-hybridized carbons (Fsp3) is 0.111. The number of aromatic amines is 1. The molecule has 0 spiro atoms. The van der Waals surface area contributed by atoms with E-state index in [1.54, 1.807) is 6.07 Å². The van der Waals surface area contributed by atoms with Crippen LogP contribution >= 0.6 is 0 Å². The molecule has 0 saturated carbocycles. The third kappa shape index (κ3) is 3.71. The average Bonchev–Trinajstić information content (AvgIpc) is 3.00. The highest BCUT2D eigenvalue weighted by molar-refractivity contribution is 6.22. The van der Waals surface area contributed by atoms with Crippen LogP contribution in [-0.2, 0) is 17.1 Å². The van der Waals surface area contributed by atoms with Crippen LogP contribution in [0.15, 0.2) is 42.7 Å². The molecule has 28 heavy (non-hydrogen) atoms. The lowest BCUT2D eigenvalue weighted by atomic mass is 9.95. The predicted molar refractivity (Wildman–Crippen MR) is 88.0 cm³/mol. The molecule has 10 heteroatoms. The number of pyridine rings is 1. The number of carboxylic acid groups (broad SMARTS) is 1. The van der Waals surface area contributed by atoms with Crippen LogP contribution in [0.1, 0.15) is 22.3 Å². The summed E-state index contributed by atoms with van der Waals surface area (Å²) in [7, 11) is 0. The smallest absolute Gasteiger partial charge is 0.417 e. The lowest BCUT2D eigenvalue weighted by molar-refractivity contribution is -0.141. The normalized spacial score (nSPS) is 13.1. The molecule has 0 radical (unpaired) electrons. The molecule has 2 aromatic heterocycles. The van der Waals surface area contributed by atoms with Gasteiger partial charge in [-0.2, -0.15) is 26.3 Å². The van der Waals surface area contributed by atoms with Crippen molar-refractivity contribution in [3.8, 4) is 0 Å². The Morgan fingerprint density at radius 2 is 1.79 bits per heavy atom. The predicted octanol–water partition coefficient (Wildman–Crippen LogP) is 5.23. The van der Waals surface area contributed by atoms with Crippen molar-refractivity contribution in [2.45, 2.75) is 12.4 Å². The molecule has 2 heterocycles. The first kappa shape index (κ1) is 19.5. The first-order chi connectivity index (χ1) is 13.0. The minimum Gasteiger partial charge on any atom is -0.478 e. The van der Waals surface area contributed by atoms with Crippen LogP contribution in [0.5, 0.6) is 0 Å². The molecule has 3 rings (SSSR count). The number of H-pyrrole nitrogens is 1. The van der Waals surface area contributed by atoms with Gasteiger partial charge in [-0.15, -0.1) is 0 Å². The molecule has 0 bridgehead atoms. The Bertz CT molecular complexity index is 1080.